The molecule has 1 aromatic carbocycles. The molecule has 7 heteroatoms. The Morgan fingerprint density at radius 2 is 2.16 bits per heavy atom. The number of nitrogens with zero attached hydrogens (tertiary/aromatic N) is 1. The Morgan fingerprint density at radius 3 is 2.92 bits per heavy atom. The fourth-order valence-corrected chi connectivity index (χ4v) is 4.35. The quantitative estimate of drug-likeness (QED) is 0.801. The lowest BCUT2D eigenvalue weighted by molar-refractivity contribution is -0.0445. The molecular weight excluding hydrogens is 348 g/mol. The molecule has 25 heavy (non-hydrogen) atoms. The molecule has 1 aromatic heterocycles. The Bertz CT molecular complexity index is 833. The van der Waals surface area contributed by atoms with E-state index in [4.69, 9.17) is 13.9 Å². The standard InChI is InChI=1S/C18H19F2NO3S/c1-11-5-13-6-14(3-4-15(13)24-11)23-7-16-12(2)21(10-25-16)17-8-22-9-18(17,19)20/h3-6,17H,7-10H2,1-2H3. The summed E-state index contributed by atoms with van der Waals surface area (Å²) in [6.07, 6.45) is 0. The summed E-state index contributed by atoms with van der Waals surface area (Å²) >= 11 is 1.55. The fourth-order valence-electron chi connectivity index (χ4n) is 3.21. The van der Waals surface area contributed by atoms with E-state index in [1.165, 1.54) is 0 Å². The van der Waals surface area contributed by atoms with E-state index in [1.54, 1.807) is 16.7 Å². The molecule has 3 heterocycles. The van der Waals surface area contributed by atoms with Crippen molar-refractivity contribution in [2.45, 2.75) is 25.8 Å². The molecule has 1 fully saturated rings. The van der Waals surface area contributed by atoms with Gasteiger partial charge in [0, 0.05) is 16.0 Å². The largest absolute Gasteiger partial charge is 0.488 e. The number of ether oxygens (including phenoxy) is 2. The Kier molecular flexibility index (Phi) is 4.16. The molecule has 0 bridgehead atoms. The van der Waals surface area contributed by atoms with Crippen LogP contribution in [0.25, 0.3) is 11.0 Å². The van der Waals surface area contributed by atoms with Crippen molar-refractivity contribution in [2.24, 2.45) is 0 Å². The van der Waals surface area contributed by atoms with Crippen LogP contribution >= 0.6 is 11.8 Å². The van der Waals surface area contributed by atoms with Gasteiger partial charge in [-0.15, -0.1) is 11.8 Å². The van der Waals surface area contributed by atoms with E-state index in [9.17, 15) is 8.78 Å². The van der Waals surface area contributed by atoms with Crippen LogP contribution in [-0.2, 0) is 4.74 Å². The van der Waals surface area contributed by atoms with E-state index in [-0.39, 0.29) is 6.61 Å². The van der Waals surface area contributed by atoms with Crippen LogP contribution in [0, 0.1) is 6.92 Å². The molecule has 1 atom stereocenters. The van der Waals surface area contributed by atoms with Crippen molar-refractivity contribution >= 4 is 22.7 Å². The molecule has 0 aliphatic carbocycles. The summed E-state index contributed by atoms with van der Waals surface area (Å²) in [4.78, 5) is 2.71. The third kappa shape index (κ3) is 3.11. The number of allylic oxidation sites excluding steroid dienone is 1. The van der Waals surface area contributed by atoms with Gasteiger partial charge in [-0.1, -0.05) is 0 Å². The first-order valence-corrected chi connectivity index (χ1v) is 9.10. The Balaban J connectivity index is 1.46. The number of thioether (sulfide) groups is 1. The highest BCUT2D eigenvalue weighted by atomic mass is 32.2. The van der Waals surface area contributed by atoms with Gasteiger partial charge in [0.1, 0.15) is 36.3 Å². The second kappa shape index (κ2) is 6.21. The van der Waals surface area contributed by atoms with Crippen molar-refractivity contribution in [3.63, 3.8) is 0 Å². The minimum Gasteiger partial charge on any atom is -0.488 e. The Morgan fingerprint density at radius 1 is 1.32 bits per heavy atom. The smallest absolute Gasteiger partial charge is 0.293 e. The number of benzene rings is 1. The minimum atomic E-state index is -2.80. The third-order valence-electron chi connectivity index (χ3n) is 4.63. The topological polar surface area (TPSA) is 34.8 Å². The second-order valence-corrected chi connectivity index (χ2v) is 7.43. The van der Waals surface area contributed by atoms with E-state index >= 15 is 0 Å². The third-order valence-corrected chi connectivity index (χ3v) is 5.80. The summed E-state index contributed by atoms with van der Waals surface area (Å²) in [5, 5.41) is 0.990. The van der Waals surface area contributed by atoms with Crippen molar-refractivity contribution < 1.29 is 22.7 Å². The van der Waals surface area contributed by atoms with Crippen molar-refractivity contribution in [1.82, 2.24) is 4.90 Å². The van der Waals surface area contributed by atoms with Gasteiger partial charge in [-0.05, 0) is 38.1 Å². The Hall–Kier alpha value is -1.73. The first-order chi connectivity index (χ1) is 11.9. The van der Waals surface area contributed by atoms with E-state index in [0.29, 0.717) is 12.5 Å². The highest BCUT2D eigenvalue weighted by Gasteiger charge is 2.49. The number of rotatable bonds is 4. The van der Waals surface area contributed by atoms with Crippen LogP contribution in [0.3, 0.4) is 0 Å². The maximum atomic E-state index is 13.9. The average Bonchev–Trinajstić information content (AvgIpc) is 3.21. The number of furan rings is 1. The predicted molar refractivity (Wildman–Crippen MR) is 93.0 cm³/mol. The van der Waals surface area contributed by atoms with Gasteiger partial charge in [0.15, 0.2) is 0 Å². The highest BCUT2D eigenvalue weighted by molar-refractivity contribution is 8.03. The molecule has 0 radical (unpaired) electrons. The van der Waals surface area contributed by atoms with Crippen LogP contribution in [0.1, 0.15) is 12.7 Å². The van der Waals surface area contributed by atoms with Crippen LogP contribution in [0.5, 0.6) is 5.75 Å². The van der Waals surface area contributed by atoms with Crippen LogP contribution in [-0.4, -0.2) is 42.6 Å². The molecule has 0 N–H and O–H groups in total. The molecule has 2 aliphatic rings. The average molecular weight is 367 g/mol. The van der Waals surface area contributed by atoms with Gasteiger partial charge < -0.3 is 18.8 Å². The molecule has 0 amide bonds. The van der Waals surface area contributed by atoms with Gasteiger partial charge in [-0.3, -0.25) is 0 Å². The number of halogens is 2. The number of alkyl halides is 2. The second-order valence-electron chi connectivity index (χ2n) is 6.39. The van der Waals surface area contributed by atoms with Crippen LogP contribution < -0.4 is 4.74 Å². The lowest BCUT2D eigenvalue weighted by Crippen LogP contribution is -2.44. The van der Waals surface area contributed by atoms with Gasteiger partial charge in [0.25, 0.3) is 5.92 Å². The summed E-state index contributed by atoms with van der Waals surface area (Å²) in [6, 6.07) is 6.74. The number of hydrogen-bond donors (Lipinski definition) is 0. The predicted octanol–water partition coefficient (Wildman–Crippen LogP) is 4.39. The summed E-state index contributed by atoms with van der Waals surface area (Å²) in [7, 11) is 0. The van der Waals surface area contributed by atoms with Crippen LogP contribution in [0.2, 0.25) is 0 Å². The Labute approximate surface area is 148 Å². The SMILES string of the molecule is CC1=C(COc2ccc3oc(C)cc3c2)SCN1C1COCC1(F)F. The summed E-state index contributed by atoms with van der Waals surface area (Å²) in [6.45, 7) is 3.71. The normalized spacial score (nSPS) is 23.0. The van der Waals surface area contributed by atoms with Gasteiger partial charge >= 0.3 is 0 Å². The fraction of sp³-hybridized carbons (Fsp3) is 0.444. The van der Waals surface area contributed by atoms with Gasteiger partial charge in [-0.2, -0.15) is 0 Å². The molecule has 2 aromatic rings. The van der Waals surface area contributed by atoms with E-state index in [1.807, 2.05) is 38.1 Å². The molecular formula is C18H19F2NO3S. The van der Waals surface area contributed by atoms with Crippen molar-refractivity contribution in [1.29, 1.82) is 0 Å². The van der Waals surface area contributed by atoms with Gasteiger partial charge in [0.2, 0.25) is 0 Å². The number of aryl methyl sites for hydroxylation is 1. The van der Waals surface area contributed by atoms with E-state index in [0.717, 1.165) is 33.1 Å². The molecule has 2 aliphatic heterocycles. The highest BCUT2D eigenvalue weighted by Crippen LogP contribution is 2.39. The maximum absolute atomic E-state index is 13.9. The zero-order chi connectivity index (χ0) is 17.6. The summed E-state index contributed by atoms with van der Waals surface area (Å²) < 4.78 is 44.2. The minimum absolute atomic E-state index is 0.0650. The molecule has 0 spiro atoms. The van der Waals surface area contributed by atoms with Crippen molar-refractivity contribution in [3.8, 4) is 5.75 Å². The zero-order valence-electron chi connectivity index (χ0n) is 14.1. The van der Waals surface area contributed by atoms with Gasteiger partial charge in [-0.25, -0.2) is 8.78 Å². The van der Waals surface area contributed by atoms with Crippen molar-refractivity contribution in [2.75, 3.05) is 25.7 Å². The first kappa shape index (κ1) is 16.7. The van der Waals surface area contributed by atoms with Crippen LogP contribution in [0.4, 0.5) is 8.78 Å². The van der Waals surface area contributed by atoms with Gasteiger partial charge in [0.05, 0.1) is 12.5 Å². The molecule has 0 saturated carbocycles. The van der Waals surface area contributed by atoms with Crippen molar-refractivity contribution in [3.05, 3.63) is 40.6 Å². The number of fused-ring (bicyclic) bond motifs is 1. The van der Waals surface area contributed by atoms with E-state index < -0.39 is 18.6 Å². The number of hydrogen-bond acceptors (Lipinski definition) is 5. The zero-order valence-corrected chi connectivity index (χ0v) is 14.9. The molecule has 134 valence electrons. The van der Waals surface area contributed by atoms with Crippen LogP contribution in [0.15, 0.2) is 39.3 Å². The van der Waals surface area contributed by atoms with E-state index in [2.05, 4.69) is 0 Å². The lowest BCUT2D eigenvalue weighted by Gasteiger charge is -2.29. The lowest BCUT2D eigenvalue weighted by atomic mass is 10.1. The summed E-state index contributed by atoms with van der Waals surface area (Å²) in [5.41, 5.74) is 1.67. The first-order valence-electron chi connectivity index (χ1n) is 8.12. The molecule has 4 rings (SSSR count). The summed E-state index contributed by atoms with van der Waals surface area (Å²) in [5.74, 6) is -0.703. The molecule has 1 saturated heterocycles. The molecule has 1 unspecified atom stereocenters. The maximum Gasteiger partial charge on any atom is 0.293 e. The molecule has 4 nitrogen and oxygen atoms in total. The monoisotopic (exact) mass is 367 g/mol.